The number of benzene rings is 1. The molecule has 0 unspecified atom stereocenters. The fourth-order valence-corrected chi connectivity index (χ4v) is 1.71. The van der Waals surface area contributed by atoms with Gasteiger partial charge in [0.05, 0.1) is 14.2 Å². The first-order valence-corrected chi connectivity index (χ1v) is 5.73. The van der Waals surface area contributed by atoms with E-state index in [1.54, 1.807) is 20.4 Å². The van der Waals surface area contributed by atoms with Gasteiger partial charge in [-0.1, -0.05) is 6.07 Å². The zero-order chi connectivity index (χ0) is 12.8. The summed E-state index contributed by atoms with van der Waals surface area (Å²) in [6.45, 7) is 1.47. The first-order valence-electron chi connectivity index (χ1n) is 5.73. The van der Waals surface area contributed by atoms with E-state index < -0.39 is 0 Å². The van der Waals surface area contributed by atoms with Crippen LogP contribution in [0.3, 0.4) is 0 Å². The number of hydrogen-bond donors (Lipinski definition) is 2. The molecular formula is C13H17N3O2. The number of aromatic amines is 1. The molecule has 1 heterocycles. The lowest BCUT2D eigenvalue weighted by molar-refractivity contribution is 0.389. The molecule has 1 aromatic heterocycles. The highest BCUT2D eigenvalue weighted by atomic mass is 16.5. The highest BCUT2D eigenvalue weighted by Crippen LogP contribution is 2.24. The van der Waals surface area contributed by atoms with Crippen LogP contribution in [0.5, 0.6) is 11.5 Å². The molecule has 0 fully saturated rings. The fourth-order valence-electron chi connectivity index (χ4n) is 1.71. The van der Waals surface area contributed by atoms with Crippen molar-refractivity contribution in [3.8, 4) is 11.5 Å². The summed E-state index contributed by atoms with van der Waals surface area (Å²) in [7, 11) is 3.30. The number of nitrogens with zero attached hydrogens (tertiary/aromatic N) is 1. The summed E-state index contributed by atoms with van der Waals surface area (Å²) in [6.07, 6.45) is 1.74. The molecule has 0 radical (unpaired) electrons. The summed E-state index contributed by atoms with van der Waals surface area (Å²) < 4.78 is 10.5. The van der Waals surface area contributed by atoms with Crippen LogP contribution in [0.25, 0.3) is 0 Å². The highest BCUT2D eigenvalue weighted by molar-refractivity contribution is 5.40. The number of nitrogens with one attached hydrogen (secondary N) is 2. The Morgan fingerprint density at radius 2 is 2.06 bits per heavy atom. The second kappa shape index (κ2) is 6.07. The van der Waals surface area contributed by atoms with Gasteiger partial charge in [-0.3, -0.25) is 5.10 Å². The van der Waals surface area contributed by atoms with Gasteiger partial charge < -0.3 is 14.8 Å². The Balaban J connectivity index is 1.96. The minimum atomic E-state index is 0.728. The van der Waals surface area contributed by atoms with E-state index in [9.17, 15) is 0 Å². The quantitative estimate of drug-likeness (QED) is 0.816. The molecule has 1 aromatic carbocycles. The van der Waals surface area contributed by atoms with Crippen molar-refractivity contribution in [3.63, 3.8) is 0 Å². The van der Waals surface area contributed by atoms with Gasteiger partial charge in [0, 0.05) is 36.6 Å². The third-order valence-electron chi connectivity index (χ3n) is 2.68. The van der Waals surface area contributed by atoms with Gasteiger partial charge in [-0.15, -0.1) is 0 Å². The van der Waals surface area contributed by atoms with Crippen LogP contribution in [0.15, 0.2) is 30.5 Å². The molecule has 96 valence electrons. The van der Waals surface area contributed by atoms with Crippen molar-refractivity contribution in [1.29, 1.82) is 0 Å². The molecular weight excluding hydrogens is 230 g/mol. The third-order valence-corrected chi connectivity index (χ3v) is 2.68. The van der Waals surface area contributed by atoms with Gasteiger partial charge in [0.2, 0.25) is 0 Å². The van der Waals surface area contributed by atoms with E-state index >= 15 is 0 Å². The Labute approximate surface area is 106 Å². The number of ether oxygens (including phenoxy) is 2. The maximum absolute atomic E-state index is 5.34. The summed E-state index contributed by atoms with van der Waals surface area (Å²) in [6, 6.07) is 7.75. The zero-order valence-electron chi connectivity index (χ0n) is 10.6. The smallest absolute Gasteiger partial charge is 0.127 e. The zero-order valence-corrected chi connectivity index (χ0v) is 10.6. The first kappa shape index (κ1) is 12.4. The summed E-state index contributed by atoms with van der Waals surface area (Å²) in [4.78, 5) is 0. The van der Waals surface area contributed by atoms with E-state index in [1.165, 1.54) is 0 Å². The van der Waals surface area contributed by atoms with Crippen molar-refractivity contribution in [2.45, 2.75) is 13.1 Å². The number of aromatic nitrogens is 2. The topological polar surface area (TPSA) is 59.2 Å². The minimum Gasteiger partial charge on any atom is -0.497 e. The molecule has 2 rings (SSSR count). The lowest BCUT2D eigenvalue weighted by Crippen LogP contribution is -2.13. The monoisotopic (exact) mass is 247 g/mol. The van der Waals surface area contributed by atoms with Crippen LogP contribution in [0.2, 0.25) is 0 Å². The molecule has 0 amide bonds. The van der Waals surface area contributed by atoms with Crippen LogP contribution in [0.1, 0.15) is 11.3 Å². The predicted octanol–water partition coefficient (Wildman–Crippen LogP) is 1.72. The Hall–Kier alpha value is -2.01. The van der Waals surface area contributed by atoms with Crippen molar-refractivity contribution in [3.05, 3.63) is 41.7 Å². The first-order chi connectivity index (χ1) is 8.83. The molecule has 5 nitrogen and oxygen atoms in total. The van der Waals surface area contributed by atoms with Crippen LogP contribution >= 0.6 is 0 Å². The Kier molecular flexibility index (Phi) is 4.20. The molecule has 0 saturated carbocycles. The lowest BCUT2D eigenvalue weighted by Gasteiger charge is -2.10. The van der Waals surface area contributed by atoms with Crippen molar-refractivity contribution in [1.82, 2.24) is 15.5 Å². The van der Waals surface area contributed by atoms with E-state index in [1.807, 2.05) is 24.3 Å². The molecule has 0 atom stereocenters. The van der Waals surface area contributed by atoms with E-state index in [2.05, 4.69) is 15.5 Å². The SMILES string of the molecule is COc1ccc(CNCc2ccn[nH]2)c(OC)c1. The van der Waals surface area contributed by atoms with Crippen LogP contribution in [-0.4, -0.2) is 24.4 Å². The molecule has 0 aliphatic rings. The normalized spacial score (nSPS) is 10.3. The Morgan fingerprint density at radius 3 is 2.72 bits per heavy atom. The molecule has 2 N–H and O–H groups in total. The number of methoxy groups -OCH3 is 2. The molecule has 5 heteroatoms. The lowest BCUT2D eigenvalue weighted by atomic mass is 10.2. The minimum absolute atomic E-state index is 0.728. The second-order valence-electron chi connectivity index (χ2n) is 3.86. The van der Waals surface area contributed by atoms with Crippen molar-refractivity contribution in [2.24, 2.45) is 0 Å². The van der Waals surface area contributed by atoms with Crippen LogP contribution in [0, 0.1) is 0 Å². The summed E-state index contributed by atoms with van der Waals surface area (Å²) >= 11 is 0. The van der Waals surface area contributed by atoms with Crippen molar-refractivity contribution in [2.75, 3.05) is 14.2 Å². The van der Waals surface area contributed by atoms with E-state index in [4.69, 9.17) is 9.47 Å². The highest BCUT2D eigenvalue weighted by Gasteiger charge is 2.04. The number of H-pyrrole nitrogens is 1. The third kappa shape index (κ3) is 3.01. The maximum atomic E-state index is 5.34. The van der Waals surface area contributed by atoms with Gasteiger partial charge in [-0.2, -0.15) is 5.10 Å². The Morgan fingerprint density at radius 1 is 1.17 bits per heavy atom. The van der Waals surface area contributed by atoms with E-state index in [-0.39, 0.29) is 0 Å². The molecule has 0 aliphatic carbocycles. The van der Waals surface area contributed by atoms with Gasteiger partial charge in [-0.05, 0) is 12.1 Å². The molecule has 0 bridgehead atoms. The van der Waals surface area contributed by atoms with Crippen LogP contribution in [-0.2, 0) is 13.1 Å². The van der Waals surface area contributed by atoms with Gasteiger partial charge in [0.15, 0.2) is 0 Å². The van der Waals surface area contributed by atoms with Gasteiger partial charge in [-0.25, -0.2) is 0 Å². The molecule has 0 spiro atoms. The summed E-state index contributed by atoms with van der Waals surface area (Å²) in [5.41, 5.74) is 2.15. The molecule has 0 saturated heterocycles. The van der Waals surface area contributed by atoms with Crippen molar-refractivity contribution < 1.29 is 9.47 Å². The second-order valence-corrected chi connectivity index (χ2v) is 3.86. The van der Waals surface area contributed by atoms with E-state index in [0.717, 1.165) is 35.8 Å². The van der Waals surface area contributed by atoms with E-state index in [0.29, 0.717) is 0 Å². The molecule has 18 heavy (non-hydrogen) atoms. The average Bonchev–Trinajstić information content (AvgIpc) is 2.92. The van der Waals surface area contributed by atoms with Gasteiger partial charge in [0.25, 0.3) is 0 Å². The van der Waals surface area contributed by atoms with Crippen LogP contribution < -0.4 is 14.8 Å². The maximum Gasteiger partial charge on any atom is 0.127 e. The van der Waals surface area contributed by atoms with Gasteiger partial charge in [0.1, 0.15) is 11.5 Å². The van der Waals surface area contributed by atoms with Gasteiger partial charge >= 0.3 is 0 Å². The molecule has 0 aliphatic heterocycles. The van der Waals surface area contributed by atoms with Crippen molar-refractivity contribution >= 4 is 0 Å². The predicted molar refractivity (Wildman–Crippen MR) is 68.7 cm³/mol. The number of hydrogen-bond acceptors (Lipinski definition) is 4. The Bertz CT molecular complexity index is 483. The standard InChI is InChI=1S/C13H17N3O2/c1-17-12-4-3-10(13(7-12)18-2)8-14-9-11-5-6-15-16-11/h3-7,14H,8-9H2,1-2H3,(H,15,16). The largest absolute Gasteiger partial charge is 0.497 e. The van der Waals surface area contributed by atoms with Crippen LogP contribution in [0.4, 0.5) is 0 Å². The summed E-state index contributed by atoms with van der Waals surface area (Å²) in [5.74, 6) is 1.62. The fraction of sp³-hybridized carbons (Fsp3) is 0.308. The average molecular weight is 247 g/mol. The molecule has 2 aromatic rings. The summed E-state index contributed by atoms with van der Waals surface area (Å²) in [5, 5.41) is 10.1. The number of rotatable bonds is 6.